The van der Waals surface area contributed by atoms with Crippen LogP contribution in [0.15, 0.2) is 0 Å². The predicted molar refractivity (Wildman–Crippen MR) is 48.3 cm³/mol. The molecule has 0 saturated carbocycles. The maximum atomic E-state index is 3.87. The molecule has 1 saturated heterocycles. The van der Waals surface area contributed by atoms with Crippen molar-refractivity contribution in [3.63, 3.8) is 0 Å². The summed E-state index contributed by atoms with van der Waals surface area (Å²) in [4.78, 5) is 2.51. The zero-order valence-electron chi connectivity index (χ0n) is 7.84. The molecule has 0 bridgehead atoms. The Balaban J connectivity index is 2.25. The molecule has 0 radical (unpaired) electrons. The van der Waals surface area contributed by atoms with Gasteiger partial charge in [-0.05, 0) is 6.54 Å². The number of nitrogens with zero attached hydrogens (tertiary/aromatic N) is 2. The Kier molecular flexibility index (Phi) is 2.90. The second kappa shape index (κ2) is 3.55. The highest BCUT2D eigenvalue weighted by atomic mass is 15.4. The highest BCUT2D eigenvalue weighted by Gasteiger charge is 2.22. The molecule has 0 N–H and O–H groups in total. The maximum Gasteiger partial charge on any atom is 0.0912 e. The van der Waals surface area contributed by atoms with E-state index in [1.165, 1.54) is 37.2 Å². The molecular formula is C9H20N2. The molecule has 1 aliphatic heterocycles. The highest BCUT2D eigenvalue weighted by Crippen LogP contribution is 2.06. The van der Waals surface area contributed by atoms with Gasteiger partial charge in [-0.25, -0.2) is 0 Å². The molecule has 2 nitrogen and oxygen atoms in total. The molecule has 1 aliphatic rings. The first-order chi connectivity index (χ1) is 5.14. The molecule has 0 aliphatic carbocycles. The van der Waals surface area contributed by atoms with Crippen LogP contribution in [0.1, 0.15) is 6.42 Å². The van der Waals surface area contributed by atoms with Crippen molar-refractivity contribution in [1.29, 1.82) is 0 Å². The maximum absolute atomic E-state index is 3.87. The summed E-state index contributed by atoms with van der Waals surface area (Å²) in [5.74, 6) is 0. The molecule has 11 heavy (non-hydrogen) atoms. The summed E-state index contributed by atoms with van der Waals surface area (Å²) in [6.07, 6.45) is 1.05. The van der Waals surface area contributed by atoms with Crippen LogP contribution in [-0.4, -0.2) is 56.2 Å². The van der Waals surface area contributed by atoms with Crippen LogP contribution >= 0.6 is 0 Å². The van der Waals surface area contributed by atoms with Crippen molar-refractivity contribution >= 4 is 0 Å². The SMILES string of the molecule is [CH2-]CCN1CC[N+](C)(C)CC1. The van der Waals surface area contributed by atoms with Crippen molar-refractivity contribution in [3.05, 3.63) is 6.92 Å². The van der Waals surface area contributed by atoms with E-state index >= 15 is 0 Å². The Morgan fingerprint density at radius 3 is 2.27 bits per heavy atom. The lowest BCUT2D eigenvalue weighted by molar-refractivity contribution is -0.894. The molecule has 0 amide bonds. The van der Waals surface area contributed by atoms with Gasteiger partial charge in [-0.1, -0.05) is 0 Å². The zero-order chi connectivity index (χ0) is 8.32. The van der Waals surface area contributed by atoms with E-state index in [2.05, 4.69) is 25.9 Å². The van der Waals surface area contributed by atoms with E-state index in [1.54, 1.807) is 0 Å². The van der Waals surface area contributed by atoms with Gasteiger partial charge in [-0.15, -0.1) is 0 Å². The molecular weight excluding hydrogens is 136 g/mol. The van der Waals surface area contributed by atoms with Gasteiger partial charge in [-0.2, -0.15) is 6.42 Å². The molecule has 66 valence electrons. The lowest BCUT2D eigenvalue weighted by Crippen LogP contribution is -2.54. The fraction of sp³-hybridized carbons (Fsp3) is 0.889. The van der Waals surface area contributed by atoms with Gasteiger partial charge in [-0.3, -0.25) is 4.90 Å². The van der Waals surface area contributed by atoms with Crippen LogP contribution in [0.2, 0.25) is 0 Å². The van der Waals surface area contributed by atoms with Gasteiger partial charge in [0.25, 0.3) is 0 Å². The summed E-state index contributed by atoms with van der Waals surface area (Å²) in [6, 6.07) is 0. The Morgan fingerprint density at radius 1 is 1.27 bits per heavy atom. The molecule has 0 aromatic rings. The summed E-state index contributed by atoms with van der Waals surface area (Å²) in [5.41, 5.74) is 0. The van der Waals surface area contributed by atoms with Crippen LogP contribution in [0.3, 0.4) is 0 Å². The van der Waals surface area contributed by atoms with Crippen molar-refractivity contribution in [1.82, 2.24) is 4.90 Å². The highest BCUT2D eigenvalue weighted by molar-refractivity contribution is 4.62. The largest absolute Gasteiger partial charge is 0.342 e. The molecule has 1 fully saturated rings. The van der Waals surface area contributed by atoms with Gasteiger partial charge in [0, 0.05) is 13.1 Å². The monoisotopic (exact) mass is 156 g/mol. The molecule has 0 atom stereocenters. The summed E-state index contributed by atoms with van der Waals surface area (Å²) in [7, 11) is 4.61. The molecule has 0 aromatic heterocycles. The second-order valence-corrected chi connectivity index (χ2v) is 4.08. The average Bonchev–Trinajstić information content (AvgIpc) is 1.94. The predicted octanol–water partition coefficient (Wildman–Crippen LogP) is 0.603. The molecule has 1 heterocycles. The van der Waals surface area contributed by atoms with Gasteiger partial charge in [0.1, 0.15) is 0 Å². The molecule has 0 spiro atoms. The van der Waals surface area contributed by atoms with Crippen LogP contribution in [0, 0.1) is 6.92 Å². The summed E-state index contributed by atoms with van der Waals surface area (Å²) < 4.78 is 1.19. The number of quaternary nitrogens is 1. The Hall–Kier alpha value is -0.0800. The minimum Gasteiger partial charge on any atom is -0.342 e. The van der Waals surface area contributed by atoms with E-state index in [1.807, 2.05) is 0 Å². The van der Waals surface area contributed by atoms with Crippen LogP contribution in [0.4, 0.5) is 0 Å². The topological polar surface area (TPSA) is 3.24 Å². The minimum atomic E-state index is 1.05. The molecule has 2 heteroatoms. The van der Waals surface area contributed by atoms with E-state index in [0.717, 1.165) is 6.42 Å². The van der Waals surface area contributed by atoms with Crippen LogP contribution in [0.25, 0.3) is 0 Å². The second-order valence-electron chi connectivity index (χ2n) is 4.08. The fourth-order valence-electron chi connectivity index (χ4n) is 1.50. The van der Waals surface area contributed by atoms with Crippen LogP contribution in [0.5, 0.6) is 0 Å². The van der Waals surface area contributed by atoms with E-state index < -0.39 is 0 Å². The van der Waals surface area contributed by atoms with Gasteiger partial charge in [0.15, 0.2) is 0 Å². The Morgan fingerprint density at radius 2 is 1.82 bits per heavy atom. The lowest BCUT2D eigenvalue weighted by atomic mass is 10.3. The zero-order valence-corrected chi connectivity index (χ0v) is 7.84. The minimum absolute atomic E-state index is 1.05. The van der Waals surface area contributed by atoms with Crippen molar-refractivity contribution in [3.8, 4) is 0 Å². The summed E-state index contributed by atoms with van der Waals surface area (Å²) >= 11 is 0. The third-order valence-corrected chi connectivity index (χ3v) is 2.52. The standard InChI is InChI=1S/C9H20N2/c1-4-5-10-6-8-11(2,3)9-7-10/h1,4-9H2,2-3H3. The van der Waals surface area contributed by atoms with Crippen molar-refractivity contribution in [2.45, 2.75) is 6.42 Å². The summed E-state index contributed by atoms with van der Waals surface area (Å²) in [5, 5.41) is 0. The van der Waals surface area contributed by atoms with Crippen LogP contribution in [-0.2, 0) is 0 Å². The van der Waals surface area contributed by atoms with Crippen molar-refractivity contribution < 1.29 is 4.48 Å². The first-order valence-corrected chi connectivity index (χ1v) is 4.48. The smallest absolute Gasteiger partial charge is 0.0912 e. The Labute approximate surface area is 70.4 Å². The van der Waals surface area contributed by atoms with Crippen molar-refractivity contribution in [2.24, 2.45) is 0 Å². The fourth-order valence-corrected chi connectivity index (χ4v) is 1.50. The van der Waals surface area contributed by atoms with E-state index in [0.29, 0.717) is 0 Å². The summed E-state index contributed by atoms with van der Waals surface area (Å²) in [6.45, 7) is 10.1. The number of hydrogen-bond acceptors (Lipinski definition) is 1. The van der Waals surface area contributed by atoms with Gasteiger partial charge in [0.05, 0.1) is 27.2 Å². The van der Waals surface area contributed by atoms with E-state index in [9.17, 15) is 0 Å². The molecule has 0 unspecified atom stereocenters. The number of hydrogen-bond donors (Lipinski definition) is 0. The average molecular weight is 156 g/mol. The number of piperazine rings is 1. The van der Waals surface area contributed by atoms with E-state index in [4.69, 9.17) is 0 Å². The quantitative estimate of drug-likeness (QED) is 0.418. The third-order valence-electron chi connectivity index (χ3n) is 2.52. The van der Waals surface area contributed by atoms with Gasteiger partial charge in [0.2, 0.25) is 0 Å². The lowest BCUT2D eigenvalue weighted by Gasteiger charge is -2.39. The third kappa shape index (κ3) is 2.80. The number of likely N-dealkylation sites (N-methyl/N-ethyl adjacent to an activating group) is 1. The van der Waals surface area contributed by atoms with Gasteiger partial charge >= 0.3 is 0 Å². The normalized spacial score (nSPS) is 25.4. The number of rotatable bonds is 2. The van der Waals surface area contributed by atoms with Crippen LogP contribution < -0.4 is 0 Å². The van der Waals surface area contributed by atoms with E-state index in [-0.39, 0.29) is 0 Å². The van der Waals surface area contributed by atoms with Gasteiger partial charge < -0.3 is 11.4 Å². The molecule has 1 rings (SSSR count). The molecule has 0 aromatic carbocycles. The Bertz CT molecular complexity index is 111. The first-order valence-electron chi connectivity index (χ1n) is 4.48. The van der Waals surface area contributed by atoms with Crippen molar-refractivity contribution in [2.75, 3.05) is 46.8 Å². The first kappa shape index (κ1) is 9.01.